The molecule has 0 aromatic heterocycles. The fourth-order valence-corrected chi connectivity index (χ4v) is 4.48. The van der Waals surface area contributed by atoms with Crippen LogP contribution >= 0.6 is 0 Å². The van der Waals surface area contributed by atoms with E-state index in [1.807, 2.05) is 9.80 Å². The van der Waals surface area contributed by atoms with E-state index in [-0.39, 0.29) is 23.6 Å². The molecule has 6 heteroatoms. The Morgan fingerprint density at radius 2 is 1.58 bits per heavy atom. The number of hydrogen-bond acceptors (Lipinski definition) is 3. The Labute approximate surface area is 156 Å². The van der Waals surface area contributed by atoms with Crippen molar-refractivity contribution in [1.29, 1.82) is 0 Å². The topological polar surface area (TPSA) is 69.7 Å². The van der Waals surface area contributed by atoms with Gasteiger partial charge < -0.3 is 15.1 Å². The summed E-state index contributed by atoms with van der Waals surface area (Å²) >= 11 is 0. The second-order valence-electron chi connectivity index (χ2n) is 8.11. The first-order valence-electron chi connectivity index (χ1n) is 10.5. The summed E-state index contributed by atoms with van der Waals surface area (Å²) < 4.78 is 0. The molecule has 6 nitrogen and oxygen atoms in total. The van der Waals surface area contributed by atoms with Crippen LogP contribution in [-0.4, -0.2) is 59.7 Å². The smallest absolute Gasteiger partial charge is 0.225 e. The van der Waals surface area contributed by atoms with Crippen LogP contribution in [0.2, 0.25) is 0 Å². The standard InChI is InChI=1S/C20H33N3O3/c24-18-9-5-12-22(18)13-6-14-23-15-16(10-11-19(23)25)20(26)21-17-7-3-1-2-4-8-17/h16-17H,1-15H2,(H,21,26)/t16-/m1/s1. The molecule has 2 heterocycles. The molecular weight excluding hydrogens is 330 g/mol. The molecule has 0 bridgehead atoms. The van der Waals surface area contributed by atoms with Crippen LogP contribution in [0.3, 0.4) is 0 Å². The molecule has 1 saturated carbocycles. The number of amides is 3. The minimum atomic E-state index is -0.0793. The van der Waals surface area contributed by atoms with Crippen molar-refractivity contribution in [2.75, 3.05) is 26.2 Å². The highest BCUT2D eigenvalue weighted by molar-refractivity contribution is 5.84. The average Bonchev–Trinajstić information content (AvgIpc) is 2.87. The van der Waals surface area contributed by atoms with Crippen LogP contribution in [0.15, 0.2) is 0 Å². The van der Waals surface area contributed by atoms with Crippen molar-refractivity contribution >= 4 is 17.7 Å². The predicted molar refractivity (Wildman–Crippen MR) is 99.4 cm³/mol. The van der Waals surface area contributed by atoms with Crippen LogP contribution in [0.4, 0.5) is 0 Å². The summed E-state index contributed by atoms with van der Waals surface area (Å²) in [6.07, 6.45) is 10.7. The maximum Gasteiger partial charge on any atom is 0.225 e. The summed E-state index contributed by atoms with van der Waals surface area (Å²) in [4.78, 5) is 40.3. The Morgan fingerprint density at radius 1 is 0.885 bits per heavy atom. The van der Waals surface area contributed by atoms with Gasteiger partial charge in [-0.15, -0.1) is 0 Å². The monoisotopic (exact) mass is 363 g/mol. The molecule has 26 heavy (non-hydrogen) atoms. The van der Waals surface area contributed by atoms with Gasteiger partial charge in [0.25, 0.3) is 0 Å². The van der Waals surface area contributed by atoms with E-state index in [1.165, 1.54) is 25.7 Å². The first-order chi connectivity index (χ1) is 12.6. The lowest BCUT2D eigenvalue weighted by molar-refractivity contribution is -0.138. The van der Waals surface area contributed by atoms with Crippen molar-refractivity contribution in [1.82, 2.24) is 15.1 Å². The number of carbonyl (C=O) groups excluding carboxylic acids is 3. The molecule has 0 aromatic rings. The van der Waals surface area contributed by atoms with Crippen molar-refractivity contribution < 1.29 is 14.4 Å². The minimum Gasteiger partial charge on any atom is -0.353 e. The van der Waals surface area contributed by atoms with Crippen LogP contribution < -0.4 is 5.32 Å². The number of nitrogens with one attached hydrogen (secondary N) is 1. The molecule has 1 N–H and O–H groups in total. The number of piperidine rings is 1. The molecule has 1 aliphatic carbocycles. The first kappa shape index (κ1) is 19.2. The Morgan fingerprint density at radius 3 is 2.27 bits per heavy atom. The van der Waals surface area contributed by atoms with Gasteiger partial charge in [0, 0.05) is 45.1 Å². The summed E-state index contributed by atoms with van der Waals surface area (Å²) in [7, 11) is 0. The van der Waals surface area contributed by atoms with E-state index in [2.05, 4.69) is 5.32 Å². The number of likely N-dealkylation sites (tertiary alicyclic amines) is 2. The van der Waals surface area contributed by atoms with E-state index in [0.29, 0.717) is 38.4 Å². The van der Waals surface area contributed by atoms with Gasteiger partial charge in [-0.05, 0) is 32.1 Å². The van der Waals surface area contributed by atoms with Gasteiger partial charge in [0.15, 0.2) is 0 Å². The van der Waals surface area contributed by atoms with Crippen LogP contribution in [0.1, 0.15) is 70.6 Å². The molecule has 2 aliphatic heterocycles. The highest BCUT2D eigenvalue weighted by Gasteiger charge is 2.31. The highest BCUT2D eigenvalue weighted by Crippen LogP contribution is 2.21. The normalized spacial score (nSPS) is 25.5. The molecule has 0 spiro atoms. The molecule has 0 aromatic carbocycles. The highest BCUT2D eigenvalue weighted by atomic mass is 16.2. The third-order valence-electron chi connectivity index (χ3n) is 6.10. The van der Waals surface area contributed by atoms with Crippen LogP contribution in [0.5, 0.6) is 0 Å². The molecule has 1 atom stereocenters. The van der Waals surface area contributed by atoms with Crippen LogP contribution in [-0.2, 0) is 14.4 Å². The molecule has 3 aliphatic rings. The third-order valence-corrected chi connectivity index (χ3v) is 6.10. The predicted octanol–water partition coefficient (Wildman–Crippen LogP) is 2.08. The van der Waals surface area contributed by atoms with Crippen molar-refractivity contribution in [2.24, 2.45) is 5.92 Å². The maximum absolute atomic E-state index is 12.7. The summed E-state index contributed by atoms with van der Waals surface area (Å²) in [5.41, 5.74) is 0. The van der Waals surface area contributed by atoms with Crippen LogP contribution in [0.25, 0.3) is 0 Å². The number of carbonyl (C=O) groups is 3. The van der Waals surface area contributed by atoms with E-state index in [0.717, 1.165) is 38.8 Å². The zero-order valence-corrected chi connectivity index (χ0v) is 15.9. The summed E-state index contributed by atoms with van der Waals surface area (Å²) in [6.45, 7) is 2.75. The number of hydrogen-bond donors (Lipinski definition) is 1. The molecule has 0 radical (unpaired) electrons. The molecular formula is C20H33N3O3. The van der Waals surface area contributed by atoms with Crippen molar-refractivity contribution in [2.45, 2.75) is 76.7 Å². The van der Waals surface area contributed by atoms with Gasteiger partial charge in [-0.25, -0.2) is 0 Å². The van der Waals surface area contributed by atoms with Gasteiger partial charge in [-0.3, -0.25) is 14.4 Å². The van der Waals surface area contributed by atoms with E-state index in [1.54, 1.807) is 0 Å². The summed E-state index contributed by atoms with van der Waals surface area (Å²) in [6, 6.07) is 0.317. The Hall–Kier alpha value is -1.59. The average molecular weight is 364 g/mol. The largest absolute Gasteiger partial charge is 0.353 e. The van der Waals surface area contributed by atoms with E-state index in [9.17, 15) is 14.4 Å². The van der Waals surface area contributed by atoms with Crippen molar-refractivity contribution in [3.8, 4) is 0 Å². The fraction of sp³-hybridized carbons (Fsp3) is 0.850. The first-order valence-corrected chi connectivity index (χ1v) is 10.5. The molecule has 3 amide bonds. The van der Waals surface area contributed by atoms with Gasteiger partial charge in [0.05, 0.1) is 5.92 Å². The molecule has 146 valence electrons. The van der Waals surface area contributed by atoms with E-state index in [4.69, 9.17) is 0 Å². The zero-order chi connectivity index (χ0) is 18.4. The summed E-state index contributed by atoms with van der Waals surface area (Å²) in [5.74, 6) is 0.431. The molecule has 0 unspecified atom stereocenters. The molecule has 3 fully saturated rings. The summed E-state index contributed by atoms with van der Waals surface area (Å²) in [5, 5.41) is 3.24. The van der Waals surface area contributed by atoms with Gasteiger partial charge in [0.1, 0.15) is 0 Å². The van der Waals surface area contributed by atoms with Gasteiger partial charge in [-0.2, -0.15) is 0 Å². The Bertz CT molecular complexity index is 514. The second kappa shape index (κ2) is 9.38. The number of nitrogens with zero attached hydrogens (tertiary/aromatic N) is 2. The van der Waals surface area contributed by atoms with Crippen molar-refractivity contribution in [3.63, 3.8) is 0 Å². The third kappa shape index (κ3) is 5.21. The van der Waals surface area contributed by atoms with Gasteiger partial charge in [-0.1, -0.05) is 25.7 Å². The Kier molecular flexibility index (Phi) is 6.92. The lowest BCUT2D eigenvalue weighted by Gasteiger charge is -2.33. The SMILES string of the molecule is O=C(NC1CCCCCC1)[C@@H]1CCC(=O)N(CCCN2CCCC2=O)C1. The molecule has 2 saturated heterocycles. The fourth-order valence-electron chi connectivity index (χ4n) is 4.48. The lowest BCUT2D eigenvalue weighted by atomic mass is 9.95. The Balaban J connectivity index is 1.43. The van der Waals surface area contributed by atoms with Gasteiger partial charge in [0.2, 0.25) is 17.7 Å². The van der Waals surface area contributed by atoms with E-state index < -0.39 is 0 Å². The second-order valence-corrected chi connectivity index (χ2v) is 8.11. The quantitative estimate of drug-likeness (QED) is 0.735. The van der Waals surface area contributed by atoms with Gasteiger partial charge >= 0.3 is 0 Å². The van der Waals surface area contributed by atoms with Crippen molar-refractivity contribution in [3.05, 3.63) is 0 Å². The van der Waals surface area contributed by atoms with E-state index >= 15 is 0 Å². The maximum atomic E-state index is 12.7. The van der Waals surface area contributed by atoms with Crippen LogP contribution in [0, 0.1) is 5.92 Å². The number of rotatable bonds is 6. The zero-order valence-electron chi connectivity index (χ0n) is 15.9. The molecule has 3 rings (SSSR count). The lowest BCUT2D eigenvalue weighted by Crippen LogP contribution is -2.48. The minimum absolute atomic E-state index is 0.0793.